The van der Waals surface area contributed by atoms with Crippen molar-refractivity contribution in [3.63, 3.8) is 0 Å². The van der Waals surface area contributed by atoms with Gasteiger partial charge in [0.1, 0.15) is 17.4 Å². The van der Waals surface area contributed by atoms with Crippen molar-refractivity contribution in [2.45, 2.75) is 17.8 Å². The predicted molar refractivity (Wildman–Crippen MR) is 94.2 cm³/mol. The molecule has 0 aliphatic carbocycles. The molecule has 0 unspecified atom stereocenters. The van der Waals surface area contributed by atoms with Gasteiger partial charge in [-0.15, -0.1) is 0 Å². The van der Waals surface area contributed by atoms with E-state index in [2.05, 4.69) is 9.97 Å². The number of nitrogens with zero attached hydrogens (tertiary/aromatic N) is 2. The van der Waals surface area contributed by atoms with Gasteiger partial charge in [-0.25, -0.2) is 13.8 Å². The first-order chi connectivity index (χ1) is 12.0. The zero-order valence-corrected chi connectivity index (χ0v) is 14.7. The molecular weight excluding hydrogens is 366 g/mol. The van der Waals surface area contributed by atoms with Crippen molar-refractivity contribution in [1.29, 1.82) is 0 Å². The van der Waals surface area contributed by atoms with Gasteiger partial charge in [-0.05, 0) is 30.7 Å². The summed E-state index contributed by atoms with van der Waals surface area (Å²) in [6.07, 6.45) is 0. The molecule has 0 bridgehead atoms. The van der Waals surface area contributed by atoms with Crippen LogP contribution < -0.4 is 4.74 Å². The molecule has 7 heteroatoms. The summed E-state index contributed by atoms with van der Waals surface area (Å²) in [6.45, 7) is 1.81. The van der Waals surface area contributed by atoms with E-state index in [4.69, 9.17) is 16.3 Å². The Kier molecular flexibility index (Phi) is 5.50. The fourth-order valence-electron chi connectivity index (χ4n) is 2.05. The van der Waals surface area contributed by atoms with E-state index in [1.54, 1.807) is 24.3 Å². The molecule has 128 valence electrons. The molecule has 0 atom stereocenters. The predicted octanol–water partition coefficient (Wildman–Crippen LogP) is 5.80. The number of aromatic nitrogens is 2. The Hall–Kier alpha value is -2.18. The zero-order chi connectivity index (χ0) is 17.8. The van der Waals surface area contributed by atoms with E-state index in [-0.39, 0.29) is 5.75 Å². The second kappa shape index (κ2) is 7.80. The second-order valence-electron chi connectivity index (χ2n) is 5.19. The maximum atomic E-state index is 13.7. The van der Waals surface area contributed by atoms with Crippen LogP contribution in [0.2, 0.25) is 5.02 Å². The monoisotopic (exact) mass is 378 g/mol. The normalized spacial score (nSPS) is 10.7. The zero-order valence-electron chi connectivity index (χ0n) is 13.2. The molecule has 1 heterocycles. The molecule has 0 saturated carbocycles. The van der Waals surface area contributed by atoms with Crippen molar-refractivity contribution in [3.05, 3.63) is 76.4 Å². The maximum absolute atomic E-state index is 13.7. The molecule has 0 radical (unpaired) electrons. The summed E-state index contributed by atoms with van der Waals surface area (Å²) in [5.41, 5.74) is 1.09. The number of thioether (sulfide) groups is 1. The van der Waals surface area contributed by atoms with Gasteiger partial charge in [0.15, 0.2) is 5.16 Å². The van der Waals surface area contributed by atoms with Crippen LogP contribution in [0.1, 0.15) is 11.3 Å². The molecule has 0 amide bonds. The Morgan fingerprint density at radius 1 is 1.08 bits per heavy atom. The smallest absolute Gasteiger partial charge is 0.223 e. The third-order valence-corrected chi connectivity index (χ3v) is 4.44. The molecule has 0 N–H and O–H groups in total. The van der Waals surface area contributed by atoms with Crippen molar-refractivity contribution in [2.75, 3.05) is 0 Å². The van der Waals surface area contributed by atoms with E-state index in [0.29, 0.717) is 33.1 Å². The third kappa shape index (κ3) is 4.67. The molecule has 3 rings (SSSR count). The average molecular weight is 379 g/mol. The quantitative estimate of drug-likeness (QED) is 0.415. The minimum absolute atomic E-state index is 0.279. The van der Waals surface area contributed by atoms with Crippen LogP contribution in [0.3, 0.4) is 0 Å². The van der Waals surface area contributed by atoms with Crippen LogP contribution in [0.5, 0.6) is 11.6 Å². The highest BCUT2D eigenvalue weighted by molar-refractivity contribution is 7.98. The Labute approximate surface area is 153 Å². The third-order valence-electron chi connectivity index (χ3n) is 3.23. The number of hydrogen-bond acceptors (Lipinski definition) is 4. The maximum Gasteiger partial charge on any atom is 0.223 e. The standard InChI is InChI=1S/C18H13ClF2N2OS/c1-11-8-17(24-16-5-3-2-4-14(16)19)23-18(22-11)25-10-12-6-7-13(20)9-15(12)21/h2-9H,10H2,1H3. The number of rotatable bonds is 5. The van der Waals surface area contributed by atoms with E-state index in [9.17, 15) is 8.78 Å². The van der Waals surface area contributed by atoms with Crippen LogP contribution in [0.15, 0.2) is 53.7 Å². The number of halogens is 3. The minimum atomic E-state index is -0.603. The van der Waals surface area contributed by atoms with Crippen molar-refractivity contribution in [2.24, 2.45) is 0 Å². The van der Waals surface area contributed by atoms with Crippen molar-refractivity contribution in [1.82, 2.24) is 9.97 Å². The number of aryl methyl sites for hydroxylation is 1. The van der Waals surface area contributed by atoms with Gasteiger partial charge >= 0.3 is 0 Å². The lowest BCUT2D eigenvalue weighted by Gasteiger charge is -2.09. The highest BCUT2D eigenvalue weighted by Crippen LogP contribution is 2.30. The van der Waals surface area contributed by atoms with Gasteiger partial charge in [0.05, 0.1) is 5.02 Å². The van der Waals surface area contributed by atoms with Gasteiger partial charge in [-0.1, -0.05) is 41.6 Å². The molecule has 0 spiro atoms. The van der Waals surface area contributed by atoms with Crippen molar-refractivity contribution < 1.29 is 13.5 Å². The molecule has 0 aliphatic rings. The van der Waals surface area contributed by atoms with E-state index in [1.807, 2.05) is 13.0 Å². The number of hydrogen-bond donors (Lipinski definition) is 0. The molecule has 0 saturated heterocycles. The van der Waals surface area contributed by atoms with Gasteiger partial charge in [0.25, 0.3) is 0 Å². The van der Waals surface area contributed by atoms with Crippen LogP contribution >= 0.6 is 23.4 Å². The van der Waals surface area contributed by atoms with E-state index in [1.165, 1.54) is 23.9 Å². The van der Waals surface area contributed by atoms with Gasteiger partial charge in [0, 0.05) is 23.6 Å². The fraction of sp³-hybridized carbons (Fsp3) is 0.111. The van der Waals surface area contributed by atoms with Gasteiger partial charge < -0.3 is 4.74 Å². The Balaban J connectivity index is 1.76. The molecule has 3 nitrogen and oxygen atoms in total. The van der Waals surface area contributed by atoms with E-state index >= 15 is 0 Å². The van der Waals surface area contributed by atoms with Crippen LogP contribution in [0, 0.1) is 18.6 Å². The number of ether oxygens (including phenoxy) is 1. The number of para-hydroxylation sites is 1. The van der Waals surface area contributed by atoms with Gasteiger partial charge in [-0.2, -0.15) is 4.98 Å². The summed E-state index contributed by atoms with van der Waals surface area (Å²) < 4.78 is 32.4. The van der Waals surface area contributed by atoms with Gasteiger partial charge in [-0.3, -0.25) is 0 Å². The highest BCUT2D eigenvalue weighted by atomic mass is 35.5. The topological polar surface area (TPSA) is 35.0 Å². The SMILES string of the molecule is Cc1cc(Oc2ccccc2Cl)nc(SCc2ccc(F)cc2F)n1. The molecule has 2 aromatic carbocycles. The Morgan fingerprint density at radius 3 is 2.64 bits per heavy atom. The summed E-state index contributed by atoms with van der Waals surface area (Å²) >= 11 is 7.32. The fourth-order valence-corrected chi connectivity index (χ4v) is 3.11. The van der Waals surface area contributed by atoms with Gasteiger partial charge in [0.2, 0.25) is 5.88 Å². The molecule has 25 heavy (non-hydrogen) atoms. The molecular formula is C18H13ClF2N2OS. The lowest BCUT2D eigenvalue weighted by atomic mass is 10.2. The Bertz CT molecular complexity index is 908. The largest absolute Gasteiger partial charge is 0.437 e. The summed E-state index contributed by atoms with van der Waals surface area (Å²) in [5.74, 6) is -0.0761. The van der Waals surface area contributed by atoms with E-state index in [0.717, 1.165) is 6.07 Å². The summed E-state index contributed by atoms with van der Waals surface area (Å²) in [6, 6.07) is 12.3. The first-order valence-corrected chi connectivity index (χ1v) is 8.72. The van der Waals surface area contributed by atoms with Crippen LogP contribution in [-0.2, 0) is 5.75 Å². The highest BCUT2D eigenvalue weighted by Gasteiger charge is 2.10. The number of benzene rings is 2. The van der Waals surface area contributed by atoms with E-state index < -0.39 is 11.6 Å². The lowest BCUT2D eigenvalue weighted by Crippen LogP contribution is -1.96. The molecule has 0 aliphatic heterocycles. The van der Waals surface area contributed by atoms with Crippen LogP contribution in [-0.4, -0.2) is 9.97 Å². The average Bonchev–Trinajstić information content (AvgIpc) is 2.56. The van der Waals surface area contributed by atoms with Crippen molar-refractivity contribution in [3.8, 4) is 11.6 Å². The lowest BCUT2D eigenvalue weighted by molar-refractivity contribution is 0.454. The van der Waals surface area contributed by atoms with Crippen LogP contribution in [0.25, 0.3) is 0 Å². The molecule has 0 fully saturated rings. The molecule has 3 aromatic rings. The Morgan fingerprint density at radius 2 is 1.88 bits per heavy atom. The first kappa shape index (κ1) is 17.6. The van der Waals surface area contributed by atoms with Crippen molar-refractivity contribution >= 4 is 23.4 Å². The minimum Gasteiger partial charge on any atom is -0.437 e. The molecule has 1 aromatic heterocycles. The summed E-state index contributed by atoms with van der Waals surface area (Å²) in [4.78, 5) is 8.61. The van der Waals surface area contributed by atoms with Crippen LogP contribution in [0.4, 0.5) is 8.78 Å². The summed E-state index contributed by atoms with van der Waals surface area (Å²) in [7, 11) is 0. The first-order valence-electron chi connectivity index (χ1n) is 7.36. The summed E-state index contributed by atoms with van der Waals surface area (Å²) in [5, 5.41) is 0.909. The second-order valence-corrected chi connectivity index (χ2v) is 6.54.